The molecule has 5 rings (SSSR count). The molecule has 10 nitrogen and oxygen atoms in total. The van der Waals surface area contributed by atoms with Crippen molar-refractivity contribution in [2.45, 2.75) is 49.7 Å². The second-order valence-electron chi connectivity index (χ2n) is 8.77. The molecule has 178 valence electrons. The van der Waals surface area contributed by atoms with Crippen LogP contribution in [0.4, 0.5) is 0 Å². The van der Waals surface area contributed by atoms with Gasteiger partial charge in [-0.1, -0.05) is 17.3 Å². The number of aromatic nitrogens is 2. The van der Waals surface area contributed by atoms with Crippen molar-refractivity contribution >= 4 is 15.9 Å². The van der Waals surface area contributed by atoms with Crippen molar-refractivity contribution in [2.24, 2.45) is 0 Å². The maximum Gasteiger partial charge on any atom is 0.316 e. The predicted octanol–water partition coefficient (Wildman–Crippen LogP) is 2.20. The summed E-state index contributed by atoms with van der Waals surface area (Å²) in [5.74, 6) is -0.816. The van der Waals surface area contributed by atoms with Gasteiger partial charge in [0.25, 0.3) is 0 Å². The molecule has 4 heterocycles. The number of ether oxygens (including phenoxy) is 2. The summed E-state index contributed by atoms with van der Waals surface area (Å²) < 4.78 is 45.0. The number of hydrogen-bond donors (Lipinski definition) is 0. The highest BCUT2D eigenvalue weighted by atomic mass is 32.2. The number of nitrogens with zero attached hydrogens (tertiary/aromatic N) is 4. The molecular weight excluding hydrogens is 448 g/mol. The van der Waals surface area contributed by atoms with Gasteiger partial charge in [0.15, 0.2) is 5.79 Å². The van der Waals surface area contributed by atoms with Gasteiger partial charge in [-0.15, -0.1) is 0 Å². The van der Waals surface area contributed by atoms with Crippen LogP contribution >= 0.6 is 0 Å². The van der Waals surface area contributed by atoms with Gasteiger partial charge in [-0.25, -0.2) is 8.42 Å². The lowest BCUT2D eigenvalue weighted by atomic mass is 10.1. The molecule has 0 saturated carbocycles. The largest absolute Gasteiger partial charge is 0.347 e. The van der Waals surface area contributed by atoms with Crippen LogP contribution in [0.5, 0.6) is 0 Å². The fourth-order valence-electron chi connectivity index (χ4n) is 4.67. The Hall–Kier alpha value is -2.34. The van der Waals surface area contributed by atoms with E-state index in [4.69, 9.17) is 14.0 Å². The number of rotatable bonds is 4. The Kier molecular flexibility index (Phi) is 5.98. The summed E-state index contributed by atoms with van der Waals surface area (Å²) in [4.78, 5) is 18.8. The fraction of sp³-hybridized carbons (Fsp3) is 0.591. The second kappa shape index (κ2) is 8.79. The molecule has 2 aromatic rings. The van der Waals surface area contributed by atoms with Gasteiger partial charge in [-0.2, -0.15) is 9.29 Å². The first kappa shape index (κ1) is 22.5. The van der Waals surface area contributed by atoms with Crippen LogP contribution in [0.15, 0.2) is 27.6 Å². The van der Waals surface area contributed by atoms with Gasteiger partial charge in [-0.3, -0.25) is 4.79 Å². The minimum Gasteiger partial charge on any atom is -0.347 e. The van der Waals surface area contributed by atoms with Gasteiger partial charge in [0, 0.05) is 44.6 Å². The SMILES string of the molecule is Cc1ccc(-c2noc(C(=O)N3CCCCC3)n2)cc1S(=O)(=O)N1CCC2(CC1)OCCO2. The van der Waals surface area contributed by atoms with Crippen LogP contribution in [0.2, 0.25) is 0 Å². The van der Waals surface area contributed by atoms with E-state index in [0.29, 0.717) is 63.4 Å². The van der Waals surface area contributed by atoms with E-state index in [-0.39, 0.29) is 22.5 Å². The number of carbonyl (C=O) groups excluding carboxylic acids is 1. The monoisotopic (exact) mass is 476 g/mol. The quantitative estimate of drug-likeness (QED) is 0.660. The summed E-state index contributed by atoms with van der Waals surface area (Å²) in [5, 5.41) is 3.94. The van der Waals surface area contributed by atoms with E-state index in [1.54, 1.807) is 30.0 Å². The summed E-state index contributed by atoms with van der Waals surface area (Å²) in [5.41, 5.74) is 1.11. The molecule has 3 saturated heterocycles. The molecule has 11 heteroatoms. The Balaban J connectivity index is 1.36. The summed E-state index contributed by atoms with van der Waals surface area (Å²) >= 11 is 0. The summed E-state index contributed by atoms with van der Waals surface area (Å²) in [6.07, 6.45) is 4.02. The van der Waals surface area contributed by atoms with Gasteiger partial charge < -0.3 is 18.9 Å². The molecule has 3 aliphatic rings. The topological polar surface area (TPSA) is 115 Å². The second-order valence-corrected chi connectivity index (χ2v) is 10.7. The van der Waals surface area contributed by atoms with Crippen molar-refractivity contribution in [3.63, 3.8) is 0 Å². The normalized spacial score (nSPS) is 21.5. The minimum atomic E-state index is -3.74. The van der Waals surface area contributed by atoms with Crippen molar-refractivity contribution < 1.29 is 27.2 Å². The van der Waals surface area contributed by atoms with E-state index in [2.05, 4.69) is 10.1 Å². The van der Waals surface area contributed by atoms with Crippen LogP contribution in [0.1, 0.15) is 48.4 Å². The Labute approximate surface area is 192 Å². The van der Waals surface area contributed by atoms with Crippen LogP contribution in [0.25, 0.3) is 11.4 Å². The number of aryl methyl sites for hydroxylation is 1. The third kappa shape index (κ3) is 4.30. The Morgan fingerprint density at radius 1 is 1.03 bits per heavy atom. The van der Waals surface area contributed by atoms with Crippen LogP contribution in [-0.2, 0) is 19.5 Å². The van der Waals surface area contributed by atoms with Gasteiger partial charge in [-0.05, 0) is 37.8 Å². The number of amides is 1. The van der Waals surface area contributed by atoms with Crippen LogP contribution in [-0.4, -0.2) is 78.9 Å². The number of likely N-dealkylation sites (tertiary alicyclic amines) is 1. The van der Waals surface area contributed by atoms with E-state index in [0.717, 1.165) is 19.3 Å². The highest BCUT2D eigenvalue weighted by molar-refractivity contribution is 7.89. The van der Waals surface area contributed by atoms with Crippen molar-refractivity contribution in [3.8, 4) is 11.4 Å². The number of piperidine rings is 2. The molecule has 3 fully saturated rings. The van der Waals surface area contributed by atoms with Crippen molar-refractivity contribution in [1.82, 2.24) is 19.3 Å². The Morgan fingerprint density at radius 3 is 2.42 bits per heavy atom. The molecule has 1 aromatic heterocycles. The van der Waals surface area contributed by atoms with Gasteiger partial charge in [0.05, 0.1) is 18.1 Å². The molecule has 0 N–H and O–H groups in total. The highest BCUT2D eigenvalue weighted by Gasteiger charge is 2.43. The van der Waals surface area contributed by atoms with Crippen molar-refractivity contribution in [2.75, 3.05) is 39.4 Å². The standard InChI is InChI=1S/C22H28N4O6S/c1-16-5-6-17(19-23-20(32-24-19)21(27)25-9-3-2-4-10-25)15-18(16)33(28,29)26-11-7-22(8-12-26)30-13-14-31-22/h5-6,15H,2-4,7-14H2,1H3. The Bertz CT molecular complexity index is 1130. The molecular formula is C22H28N4O6S. The van der Waals surface area contributed by atoms with Gasteiger partial charge in [0.2, 0.25) is 15.8 Å². The average molecular weight is 477 g/mol. The summed E-state index contributed by atoms with van der Waals surface area (Å²) in [7, 11) is -3.74. The van der Waals surface area contributed by atoms with Crippen LogP contribution in [0.3, 0.4) is 0 Å². The maximum absolute atomic E-state index is 13.4. The summed E-state index contributed by atoms with van der Waals surface area (Å²) in [6, 6.07) is 5.01. The van der Waals surface area contributed by atoms with E-state index in [1.165, 1.54) is 4.31 Å². The molecule has 1 amide bonds. The lowest BCUT2D eigenvalue weighted by Gasteiger charge is -2.37. The molecule has 0 radical (unpaired) electrons. The number of benzene rings is 1. The smallest absolute Gasteiger partial charge is 0.316 e. The van der Waals surface area contributed by atoms with E-state index in [1.807, 2.05) is 0 Å². The average Bonchev–Trinajstić information content (AvgIpc) is 3.50. The predicted molar refractivity (Wildman–Crippen MR) is 117 cm³/mol. The van der Waals surface area contributed by atoms with Gasteiger partial charge >= 0.3 is 11.8 Å². The van der Waals surface area contributed by atoms with Crippen molar-refractivity contribution in [3.05, 3.63) is 29.7 Å². The zero-order valence-electron chi connectivity index (χ0n) is 18.7. The van der Waals surface area contributed by atoms with Crippen LogP contribution in [0, 0.1) is 6.92 Å². The lowest BCUT2D eigenvalue weighted by Crippen LogP contribution is -2.47. The molecule has 33 heavy (non-hydrogen) atoms. The maximum atomic E-state index is 13.4. The fourth-order valence-corrected chi connectivity index (χ4v) is 6.36. The van der Waals surface area contributed by atoms with Crippen LogP contribution < -0.4 is 0 Å². The first-order valence-corrected chi connectivity index (χ1v) is 12.8. The number of carbonyl (C=O) groups is 1. The molecule has 1 spiro atoms. The highest BCUT2D eigenvalue weighted by Crippen LogP contribution is 2.34. The molecule has 1 aromatic carbocycles. The van der Waals surface area contributed by atoms with E-state index >= 15 is 0 Å². The first-order chi connectivity index (χ1) is 15.9. The van der Waals surface area contributed by atoms with E-state index < -0.39 is 15.8 Å². The molecule has 0 unspecified atom stereocenters. The lowest BCUT2D eigenvalue weighted by molar-refractivity contribution is -0.179. The third-order valence-electron chi connectivity index (χ3n) is 6.61. The number of hydrogen-bond acceptors (Lipinski definition) is 8. The first-order valence-electron chi connectivity index (χ1n) is 11.4. The molecule has 0 atom stereocenters. The molecule has 0 aliphatic carbocycles. The Morgan fingerprint density at radius 2 is 1.73 bits per heavy atom. The zero-order valence-corrected chi connectivity index (χ0v) is 19.5. The summed E-state index contributed by atoms with van der Waals surface area (Å²) in [6.45, 7) is 4.84. The van der Waals surface area contributed by atoms with E-state index in [9.17, 15) is 13.2 Å². The third-order valence-corrected chi connectivity index (χ3v) is 8.65. The van der Waals surface area contributed by atoms with Crippen molar-refractivity contribution in [1.29, 1.82) is 0 Å². The zero-order chi connectivity index (χ0) is 23.1. The number of sulfonamides is 1. The molecule has 3 aliphatic heterocycles. The molecule has 0 bridgehead atoms. The van der Waals surface area contributed by atoms with Gasteiger partial charge in [0.1, 0.15) is 0 Å². The minimum absolute atomic E-state index is 0.0743.